The minimum absolute atomic E-state index is 0.237. The molecule has 1 aliphatic heterocycles. The smallest absolute Gasteiger partial charge is 0.338 e. The number of carbonyl (C=O) groups excluding carboxylic acids is 2. The number of hydrogen-bond donors (Lipinski definition) is 3. The largest absolute Gasteiger partial charge is 0.462 e. The summed E-state index contributed by atoms with van der Waals surface area (Å²) in [4.78, 5) is 25.5. The second kappa shape index (κ2) is 10.6. The number of ether oxygens (including phenoxy) is 1. The summed E-state index contributed by atoms with van der Waals surface area (Å²) < 4.78 is 5.12. The molecule has 6 nitrogen and oxygen atoms in total. The fourth-order valence-corrected chi connectivity index (χ4v) is 4.97. The number of carbonyl (C=O) groups is 2. The van der Waals surface area contributed by atoms with Gasteiger partial charge in [0.15, 0.2) is 0 Å². The van der Waals surface area contributed by atoms with Crippen LogP contribution in [0.3, 0.4) is 0 Å². The van der Waals surface area contributed by atoms with Crippen molar-refractivity contribution in [2.75, 3.05) is 17.2 Å². The van der Waals surface area contributed by atoms with Crippen molar-refractivity contribution in [2.24, 2.45) is 17.6 Å². The third-order valence-corrected chi connectivity index (χ3v) is 7.15. The molecule has 1 heterocycles. The normalized spacial score (nSPS) is 14.4. The standard InChI is InChI=1S/C31H35N3O3/c1-6-37-30(36)22-12-17-25-26(18-22)34-29(35)27(25)28(21-10-8-7-9-11-21)33-24-15-13-23(14-16-24)31(32,19(2)3)20(4)5/h7-20,33H,6,32H2,1-5H3,(H,34,35)/b28-27+. The first-order valence-electron chi connectivity index (χ1n) is 12.8. The lowest BCUT2D eigenvalue weighted by molar-refractivity contribution is -0.110. The van der Waals surface area contributed by atoms with Gasteiger partial charge >= 0.3 is 5.97 Å². The fourth-order valence-electron chi connectivity index (χ4n) is 4.97. The molecule has 1 aliphatic rings. The molecule has 3 aromatic carbocycles. The van der Waals surface area contributed by atoms with Crippen molar-refractivity contribution < 1.29 is 14.3 Å². The number of amides is 1. The summed E-state index contributed by atoms with van der Waals surface area (Å²) in [5, 5.41) is 6.40. The van der Waals surface area contributed by atoms with Crippen molar-refractivity contribution >= 4 is 34.5 Å². The topological polar surface area (TPSA) is 93.4 Å². The van der Waals surface area contributed by atoms with Crippen LogP contribution in [0.1, 0.15) is 61.7 Å². The molecule has 6 heteroatoms. The van der Waals surface area contributed by atoms with Gasteiger partial charge in [-0.25, -0.2) is 4.79 Å². The number of hydrogen-bond acceptors (Lipinski definition) is 5. The monoisotopic (exact) mass is 497 g/mol. The van der Waals surface area contributed by atoms with Crippen LogP contribution in [0.15, 0.2) is 72.8 Å². The SMILES string of the molecule is CCOC(=O)c1ccc2c(c1)NC(=O)/C2=C(/Nc1ccc(C(N)(C(C)C)C(C)C)cc1)c1ccccc1. The number of nitrogens with one attached hydrogen (secondary N) is 2. The second-order valence-electron chi connectivity index (χ2n) is 10.00. The number of esters is 1. The van der Waals surface area contributed by atoms with Gasteiger partial charge < -0.3 is 21.1 Å². The predicted molar refractivity (Wildman–Crippen MR) is 150 cm³/mol. The van der Waals surface area contributed by atoms with Gasteiger partial charge in [-0.05, 0) is 54.2 Å². The average molecular weight is 498 g/mol. The minimum atomic E-state index is -0.444. The number of benzene rings is 3. The highest BCUT2D eigenvalue weighted by Crippen LogP contribution is 2.39. The summed E-state index contributed by atoms with van der Waals surface area (Å²) in [6, 6.07) is 23.0. The maximum Gasteiger partial charge on any atom is 0.338 e. The summed E-state index contributed by atoms with van der Waals surface area (Å²) in [5.74, 6) is -0.116. The lowest BCUT2D eigenvalue weighted by Gasteiger charge is -2.38. The van der Waals surface area contributed by atoms with Crippen LogP contribution >= 0.6 is 0 Å². The first kappa shape index (κ1) is 26.2. The molecule has 0 bridgehead atoms. The van der Waals surface area contributed by atoms with E-state index in [-0.39, 0.29) is 24.3 Å². The molecule has 0 spiro atoms. The fraction of sp³-hybridized carbons (Fsp3) is 0.290. The highest BCUT2D eigenvalue weighted by Gasteiger charge is 2.34. The number of rotatable bonds is 8. The quantitative estimate of drug-likeness (QED) is 0.252. The zero-order chi connectivity index (χ0) is 26.7. The maximum absolute atomic E-state index is 13.2. The van der Waals surface area contributed by atoms with Gasteiger partial charge in [0.2, 0.25) is 0 Å². The second-order valence-corrected chi connectivity index (χ2v) is 10.00. The molecule has 0 aromatic heterocycles. The average Bonchev–Trinajstić information content (AvgIpc) is 3.22. The number of fused-ring (bicyclic) bond motifs is 1. The van der Waals surface area contributed by atoms with Crippen LogP contribution < -0.4 is 16.4 Å². The van der Waals surface area contributed by atoms with Gasteiger partial charge in [0.25, 0.3) is 5.91 Å². The molecule has 0 unspecified atom stereocenters. The molecule has 192 valence electrons. The van der Waals surface area contributed by atoms with Gasteiger partial charge in [-0.2, -0.15) is 0 Å². The Bertz CT molecular complexity index is 1320. The van der Waals surface area contributed by atoms with E-state index >= 15 is 0 Å². The van der Waals surface area contributed by atoms with E-state index in [2.05, 4.69) is 50.5 Å². The third-order valence-electron chi connectivity index (χ3n) is 7.15. The van der Waals surface area contributed by atoms with Crippen molar-refractivity contribution in [2.45, 2.75) is 40.2 Å². The van der Waals surface area contributed by atoms with E-state index in [4.69, 9.17) is 10.5 Å². The Morgan fingerprint density at radius 1 is 0.946 bits per heavy atom. The van der Waals surface area contributed by atoms with Crippen LogP contribution in [0.2, 0.25) is 0 Å². The van der Waals surface area contributed by atoms with E-state index in [0.29, 0.717) is 22.5 Å². The molecule has 4 N–H and O–H groups in total. The summed E-state index contributed by atoms with van der Waals surface area (Å²) in [7, 11) is 0. The van der Waals surface area contributed by atoms with Crippen molar-refractivity contribution in [3.8, 4) is 0 Å². The van der Waals surface area contributed by atoms with E-state index in [1.54, 1.807) is 25.1 Å². The van der Waals surface area contributed by atoms with Crippen molar-refractivity contribution in [3.63, 3.8) is 0 Å². The summed E-state index contributed by atoms with van der Waals surface area (Å²) in [6.45, 7) is 10.6. The van der Waals surface area contributed by atoms with Gasteiger partial charge in [-0.3, -0.25) is 4.79 Å². The van der Waals surface area contributed by atoms with Crippen LogP contribution in [0.25, 0.3) is 11.3 Å². The first-order chi connectivity index (χ1) is 17.7. The summed E-state index contributed by atoms with van der Waals surface area (Å²) in [6.07, 6.45) is 0. The van der Waals surface area contributed by atoms with Crippen molar-refractivity contribution in [1.82, 2.24) is 0 Å². The van der Waals surface area contributed by atoms with Crippen molar-refractivity contribution in [1.29, 1.82) is 0 Å². The Labute approximate surface area is 218 Å². The van der Waals surface area contributed by atoms with E-state index < -0.39 is 11.5 Å². The van der Waals surface area contributed by atoms with Gasteiger partial charge in [0, 0.05) is 16.8 Å². The van der Waals surface area contributed by atoms with Crippen LogP contribution in [0.5, 0.6) is 0 Å². The highest BCUT2D eigenvalue weighted by atomic mass is 16.5. The molecule has 1 amide bonds. The highest BCUT2D eigenvalue weighted by molar-refractivity contribution is 6.37. The Balaban J connectivity index is 1.77. The Hall–Kier alpha value is -3.90. The molecule has 0 radical (unpaired) electrons. The Morgan fingerprint density at radius 2 is 1.59 bits per heavy atom. The lowest BCUT2D eigenvalue weighted by atomic mass is 9.73. The van der Waals surface area contributed by atoms with Crippen LogP contribution in [-0.2, 0) is 15.1 Å². The third kappa shape index (κ3) is 5.02. The summed E-state index contributed by atoms with van der Waals surface area (Å²) in [5.41, 5.74) is 12.1. The minimum Gasteiger partial charge on any atom is -0.462 e. The molecular weight excluding hydrogens is 462 g/mol. The van der Waals surface area contributed by atoms with Gasteiger partial charge in [0.05, 0.1) is 29.1 Å². The van der Waals surface area contributed by atoms with E-state index in [1.807, 2.05) is 42.5 Å². The molecular formula is C31H35N3O3. The predicted octanol–water partition coefficient (Wildman–Crippen LogP) is 6.26. The zero-order valence-electron chi connectivity index (χ0n) is 22.1. The molecule has 0 saturated heterocycles. The lowest BCUT2D eigenvalue weighted by Crippen LogP contribution is -2.46. The molecule has 0 aliphatic carbocycles. The molecule has 4 rings (SSSR count). The van der Waals surface area contributed by atoms with Crippen LogP contribution in [0.4, 0.5) is 11.4 Å². The van der Waals surface area contributed by atoms with E-state index in [9.17, 15) is 9.59 Å². The first-order valence-corrected chi connectivity index (χ1v) is 12.8. The zero-order valence-corrected chi connectivity index (χ0v) is 22.1. The van der Waals surface area contributed by atoms with E-state index in [0.717, 1.165) is 22.4 Å². The molecule has 3 aromatic rings. The molecule has 0 fully saturated rings. The Morgan fingerprint density at radius 3 is 2.19 bits per heavy atom. The molecule has 0 saturated carbocycles. The van der Waals surface area contributed by atoms with E-state index in [1.165, 1.54) is 0 Å². The number of anilines is 2. The summed E-state index contributed by atoms with van der Waals surface area (Å²) >= 11 is 0. The molecule has 37 heavy (non-hydrogen) atoms. The van der Waals surface area contributed by atoms with Gasteiger partial charge in [0.1, 0.15) is 0 Å². The molecule has 0 atom stereocenters. The van der Waals surface area contributed by atoms with Gasteiger partial charge in [-0.15, -0.1) is 0 Å². The van der Waals surface area contributed by atoms with Crippen LogP contribution in [-0.4, -0.2) is 18.5 Å². The van der Waals surface area contributed by atoms with Crippen molar-refractivity contribution in [3.05, 3.63) is 95.1 Å². The van der Waals surface area contributed by atoms with Crippen LogP contribution in [0, 0.1) is 11.8 Å². The maximum atomic E-state index is 13.2. The van der Waals surface area contributed by atoms with Gasteiger partial charge in [-0.1, -0.05) is 76.2 Å². The Kier molecular flexibility index (Phi) is 7.50. The number of nitrogens with two attached hydrogens (primary N) is 1.